The van der Waals surface area contributed by atoms with Crippen LogP contribution in [0.4, 0.5) is 22.0 Å². The molecule has 0 bridgehead atoms. The molecule has 1 rings (SSSR count). The number of aromatic nitrogens is 1. The van der Waals surface area contributed by atoms with E-state index in [1.807, 2.05) is 0 Å². The summed E-state index contributed by atoms with van der Waals surface area (Å²) in [5.74, 6) is -0.857. The number of alkyl halides is 5. The van der Waals surface area contributed by atoms with Crippen LogP contribution < -0.4 is 0 Å². The molecular weight excluding hydrogens is 388 g/mol. The highest BCUT2D eigenvalue weighted by molar-refractivity contribution is 14.1. The topological polar surface area (TPSA) is 39.2 Å². The molecule has 1 aromatic heterocycles. The number of esters is 1. The standard InChI is InChI=1S/C10H7F5INO2/c1-19-6(18)2-5-7(9(11)12)8(16)4(3-17-5)10(13,14)15/h3,9H,2H2,1H3. The Kier molecular flexibility index (Phi) is 5.04. The van der Waals surface area contributed by atoms with Gasteiger partial charge in [-0.15, -0.1) is 0 Å². The molecule has 9 heteroatoms. The minimum absolute atomic E-state index is 0.417. The zero-order valence-electron chi connectivity index (χ0n) is 9.39. The van der Waals surface area contributed by atoms with Gasteiger partial charge >= 0.3 is 12.1 Å². The Morgan fingerprint density at radius 3 is 2.47 bits per heavy atom. The Balaban J connectivity index is 3.36. The number of carbonyl (C=O) groups is 1. The van der Waals surface area contributed by atoms with E-state index in [0.717, 1.165) is 7.11 Å². The first-order valence-corrected chi connectivity index (χ1v) is 5.85. The largest absolute Gasteiger partial charge is 0.469 e. The van der Waals surface area contributed by atoms with Gasteiger partial charge in [-0.1, -0.05) is 0 Å². The summed E-state index contributed by atoms with van der Waals surface area (Å²) in [5.41, 5.74) is -2.56. The molecule has 0 unspecified atom stereocenters. The van der Waals surface area contributed by atoms with E-state index in [2.05, 4.69) is 9.72 Å². The molecule has 0 N–H and O–H groups in total. The molecule has 0 aliphatic carbocycles. The SMILES string of the molecule is COC(=O)Cc1ncc(C(F)(F)F)c(I)c1C(F)F. The molecule has 0 saturated carbocycles. The minimum Gasteiger partial charge on any atom is -0.469 e. The van der Waals surface area contributed by atoms with E-state index in [0.29, 0.717) is 6.20 Å². The van der Waals surface area contributed by atoms with E-state index in [1.165, 1.54) is 22.6 Å². The summed E-state index contributed by atoms with van der Waals surface area (Å²) in [7, 11) is 1.04. The summed E-state index contributed by atoms with van der Waals surface area (Å²) in [6.07, 6.45) is -8.12. The zero-order chi connectivity index (χ0) is 14.8. The van der Waals surface area contributed by atoms with Gasteiger partial charge in [0.1, 0.15) is 0 Å². The third-order valence-corrected chi connectivity index (χ3v) is 3.36. The molecule has 0 atom stereocenters. The lowest BCUT2D eigenvalue weighted by Gasteiger charge is -2.15. The lowest BCUT2D eigenvalue weighted by molar-refractivity contribution is -0.139. The molecule has 0 aromatic carbocycles. The number of nitrogens with zero attached hydrogens (tertiary/aromatic N) is 1. The molecule has 0 spiro atoms. The van der Waals surface area contributed by atoms with Crippen molar-refractivity contribution in [2.45, 2.75) is 19.0 Å². The quantitative estimate of drug-likeness (QED) is 0.448. The third-order valence-electron chi connectivity index (χ3n) is 2.20. The molecule has 0 fully saturated rings. The lowest BCUT2D eigenvalue weighted by Crippen LogP contribution is -2.15. The predicted molar refractivity (Wildman–Crippen MR) is 62.6 cm³/mol. The predicted octanol–water partition coefficient (Wildman–Crippen LogP) is 3.36. The van der Waals surface area contributed by atoms with Crippen LogP contribution in [0, 0.1) is 3.57 Å². The van der Waals surface area contributed by atoms with Crippen LogP contribution in [0.5, 0.6) is 0 Å². The van der Waals surface area contributed by atoms with Crippen molar-refractivity contribution in [1.29, 1.82) is 0 Å². The number of halogens is 6. The fourth-order valence-electron chi connectivity index (χ4n) is 1.31. The lowest BCUT2D eigenvalue weighted by atomic mass is 10.1. The molecule has 0 amide bonds. The second-order valence-electron chi connectivity index (χ2n) is 3.40. The van der Waals surface area contributed by atoms with E-state index in [-0.39, 0.29) is 0 Å². The molecule has 0 aliphatic rings. The first-order chi connectivity index (χ1) is 8.68. The van der Waals surface area contributed by atoms with Crippen LogP contribution in [-0.2, 0) is 22.1 Å². The van der Waals surface area contributed by atoms with Crippen molar-refractivity contribution in [2.75, 3.05) is 7.11 Å². The van der Waals surface area contributed by atoms with Crippen LogP contribution in [0.2, 0.25) is 0 Å². The number of rotatable bonds is 3. The number of hydrogen-bond acceptors (Lipinski definition) is 3. The Morgan fingerprint density at radius 2 is 2.05 bits per heavy atom. The van der Waals surface area contributed by atoms with Crippen LogP contribution in [0.1, 0.15) is 23.2 Å². The highest BCUT2D eigenvalue weighted by atomic mass is 127. The summed E-state index contributed by atoms with van der Waals surface area (Å²) >= 11 is 1.17. The van der Waals surface area contributed by atoms with E-state index >= 15 is 0 Å². The summed E-state index contributed by atoms with van der Waals surface area (Å²) in [4.78, 5) is 14.3. The van der Waals surface area contributed by atoms with Gasteiger partial charge in [-0.3, -0.25) is 9.78 Å². The summed E-state index contributed by atoms with van der Waals surface area (Å²) in [6, 6.07) is 0. The van der Waals surface area contributed by atoms with Crippen molar-refractivity contribution in [3.8, 4) is 0 Å². The molecule has 1 aromatic rings. The number of methoxy groups -OCH3 is 1. The Bertz CT molecular complexity index is 490. The maximum atomic E-state index is 12.8. The molecule has 106 valence electrons. The van der Waals surface area contributed by atoms with Crippen molar-refractivity contribution in [2.24, 2.45) is 0 Å². The summed E-state index contributed by atoms with van der Waals surface area (Å²) < 4.78 is 67.0. The number of hydrogen-bond donors (Lipinski definition) is 0. The Hall–Kier alpha value is -1.00. The van der Waals surface area contributed by atoms with Crippen LogP contribution >= 0.6 is 22.6 Å². The highest BCUT2D eigenvalue weighted by Gasteiger charge is 2.36. The minimum atomic E-state index is -4.78. The van der Waals surface area contributed by atoms with E-state index in [1.54, 1.807) is 0 Å². The fourth-order valence-corrected chi connectivity index (χ4v) is 2.30. The van der Waals surface area contributed by atoms with E-state index < -0.39 is 45.4 Å². The van der Waals surface area contributed by atoms with E-state index in [9.17, 15) is 26.7 Å². The van der Waals surface area contributed by atoms with Gasteiger partial charge in [0, 0.05) is 9.77 Å². The average molecular weight is 395 g/mol. The number of ether oxygens (including phenoxy) is 1. The van der Waals surface area contributed by atoms with Crippen LogP contribution in [-0.4, -0.2) is 18.1 Å². The van der Waals surface area contributed by atoms with Crippen molar-refractivity contribution < 1.29 is 31.5 Å². The smallest absolute Gasteiger partial charge is 0.418 e. The second-order valence-corrected chi connectivity index (χ2v) is 4.48. The highest BCUT2D eigenvalue weighted by Crippen LogP contribution is 2.37. The fraction of sp³-hybridized carbons (Fsp3) is 0.400. The molecule has 1 heterocycles. The molecule has 0 saturated heterocycles. The van der Waals surface area contributed by atoms with Gasteiger partial charge in [0.05, 0.1) is 30.4 Å². The monoisotopic (exact) mass is 395 g/mol. The van der Waals surface area contributed by atoms with Gasteiger partial charge < -0.3 is 4.74 Å². The van der Waals surface area contributed by atoms with Gasteiger partial charge in [-0.25, -0.2) is 8.78 Å². The zero-order valence-corrected chi connectivity index (χ0v) is 11.6. The molecule has 3 nitrogen and oxygen atoms in total. The van der Waals surface area contributed by atoms with Gasteiger partial charge in [0.2, 0.25) is 0 Å². The van der Waals surface area contributed by atoms with Crippen molar-refractivity contribution >= 4 is 28.6 Å². The maximum Gasteiger partial charge on any atom is 0.418 e. The van der Waals surface area contributed by atoms with E-state index in [4.69, 9.17) is 0 Å². The first-order valence-electron chi connectivity index (χ1n) is 4.78. The Labute approximate surface area is 118 Å². The van der Waals surface area contributed by atoms with Gasteiger partial charge in [-0.05, 0) is 22.6 Å². The molecule has 0 radical (unpaired) electrons. The summed E-state index contributed by atoms with van der Waals surface area (Å²) in [5, 5.41) is 0. The second kappa shape index (κ2) is 5.97. The Morgan fingerprint density at radius 1 is 1.47 bits per heavy atom. The van der Waals surface area contributed by atoms with Crippen LogP contribution in [0.3, 0.4) is 0 Å². The van der Waals surface area contributed by atoms with Crippen molar-refractivity contribution in [3.05, 3.63) is 26.6 Å². The number of carbonyl (C=O) groups excluding carboxylic acids is 1. The third kappa shape index (κ3) is 3.74. The van der Waals surface area contributed by atoms with Crippen molar-refractivity contribution in [3.63, 3.8) is 0 Å². The average Bonchev–Trinajstić information content (AvgIpc) is 2.26. The van der Waals surface area contributed by atoms with Crippen LogP contribution in [0.25, 0.3) is 0 Å². The number of pyridine rings is 1. The summed E-state index contributed by atoms with van der Waals surface area (Å²) in [6.45, 7) is 0. The molecule has 19 heavy (non-hydrogen) atoms. The first kappa shape index (κ1) is 16.1. The van der Waals surface area contributed by atoms with Gasteiger partial charge in [0.25, 0.3) is 6.43 Å². The molecular formula is C10H7F5INO2. The molecule has 0 aliphatic heterocycles. The van der Waals surface area contributed by atoms with Crippen LogP contribution in [0.15, 0.2) is 6.20 Å². The van der Waals surface area contributed by atoms with Gasteiger partial charge in [-0.2, -0.15) is 13.2 Å². The normalized spacial score (nSPS) is 11.8. The van der Waals surface area contributed by atoms with Gasteiger partial charge in [0.15, 0.2) is 0 Å². The van der Waals surface area contributed by atoms with Crippen molar-refractivity contribution in [1.82, 2.24) is 4.98 Å². The maximum absolute atomic E-state index is 12.8.